The Kier molecular flexibility index (Phi) is 5.60. The van der Waals surface area contributed by atoms with Crippen LogP contribution in [0, 0.1) is 5.92 Å². The maximum Gasteiger partial charge on any atom is 0.223 e. The molecule has 1 saturated carbocycles. The fourth-order valence-corrected chi connectivity index (χ4v) is 3.18. The van der Waals surface area contributed by atoms with E-state index in [1.54, 1.807) is 0 Å². The van der Waals surface area contributed by atoms with Crippen molar-refractivity contribution in [3.63, 3.8) is 0 Å². The number of hydrogen-bond acceptors (Lipinski definition) is 4. The van der Waals surface area contributed by atoms with E-state index in [-0.39, 0.29) is 36.7 Å². The van der Waals surface area contributed by atoms with Crippen LogP contribution in [0.3, 0.4) is 0 Å². The maximum absolute atomic E-state index is 12.1. The zero-order chi connectivity index (χ0) is 13.7. The first-order valence-corrected chi connectivity index (χ1v) is 7.51. The van der Waals surface area contributed by atoms with E-state index in [9.17, 15) is 9.90 Å². The minimum absolute atomic E-state index is 0.0450. The van der Waals surface area contributed by atoms with Crippen LogP contribution in [-0.4, -0.2) is 42.4 Å². The van der Waals surface area contributed by atoms with Crippen molar-refractivity contribution >= 4 is 5.91 Å². The third-order valence-corrected chi connectivity index (χ3v) is 4.34. The van der Waals surface area contributed by atoms with Gasteiger partial charge in [-0.2, -0.15) is 0 Å². The number of carbonyl (C=O) groups excluding carboxylic acids is 1. The van der Waals surface area contributed by atoms with Crippen LogP contribution < -0.4 is 11.1 Å². The number of carbonyl (C=O) groups is 1. The molecule has 2 rings (SSSR count). The molecule has 0 radical (unpaired) electrons. The van der Waals surface area contributed by atoms with Gasteiger partial charge in [0, 0.05) is 5.92 Å². The van der Waals surface area contributed by atoms with Crippen molar-refractivity contribution in [2.75, 3.05) is 13.2 Å². The molecule has 0 aromatic heterocycles. The molecule has 110 valence electrons. The molecule has 0 spiro atoms. The van der Waals surface area contributed by atoms with E-state index in [0.29, 0.717) is 6.54 Å². The lowest BCUT2D eigenvalue weighted by atomic mass is 9.96. The fourth-order valence-electron chi connectivity index (χ4n) is 3.18. The Labute approximate surface area is 114 Å². The van der Waals surface area contributed by atoms with Crippen molar-refractivity contribution in [2.24, 2.45) is 11.7 Å². The molecule has 0 unspecified atom stereocenters. The number of amides is 1. The highest BCUT2D eigenvalue weighted by molar-refractivity contribution is 5.79. The Bertz CT molecular complexity index is 292. The Morgan fingerprint density at radius 2 is 2.00 bits per heavy atom. The summed E-state index contributed by atoms with van der Waals surface area (Å²) in [6, 6.07) is -0.0490. The van der Waals surface area contributed by atoms with Crippen LogP contribution in [0.1, 0.15) is 44.9 Å². The second-order valence-electron chi connectivity index (χ2n) is 5.73. The van der Waals surface area contributed by atoms with Gasteiger partial charge in [-0.05, 0) is 38.6 Å². The van der Waals surface area contributed by atoms with Gasteiger partial charge in [-0.15, -0.1) is 0 Å². The third kappa shape index (κ3) is 3.91. The van der Waals surface area contributed by atoms with Crippen LogP contribution in [0.15, 0.2) is 0 Å². The molecule has 1 saturated heterocycles. The average molecular weight is 270 g/mol. The number of nitrogens with two attached hydrogens (primary N) is 1. The van der Waals surface area contributed by atoms with Crippen molar-refractivity contribution in [3.05, 3.63) is 0 Å². The second kappa shape index (κ2) is 7.22. The summed E-state index contributed by atoms with van der Waals surface area (Å²) in [6.07, 6.45) is 6.75. The molecule has 2 fully saturated rings. The Balaban J connectivity index is 1.83. The van der Waals surface area contributed by atoms with Crippen molar-refractivity contribution in [1.82, 2.24) is 5.32 Å². The van der Waals surface area contributed by atoms with Gasteiger partial charge in [0.05, 0.1) is 18.8 Å². The van der Waals surface area contributed by atoms with E-state index in [0.717, 1.165) is 44.9 Å². The van der Waals surface area contributed by atoms with Gasteiger partial charge < -0.3 is 20.9 Å². The number of aliphatic hydroxyl groups is 1. The summed E-state index contributed by atoms with van der Waals surface area (Å²) in [7, 11) is 0. The Hall–Kier alpha value is -0.650. The molecule has 5 heteroatoms. The quantitative estimate of drug-likeness (QED) is 0.681. The smallest absolute Gasteiger partial charge is 0.223 e. The molecule has 0 bridgehead atoms. The number of rotatable bonds is 5. The maximum atomic E-state index is 12.1. The molecule has 1 heterocycles. The summed E-state index contributed by atoms with van der Waals surface area (Å²) < 4.78 is 5.81. The SMILES string of the molecule is NCC[C@H]1CC[C@H](NC(=O)C2CCCC2)[C@@H](CO)O1. The molecule has 1 aliphatic carbocycles. The molecular weight excluding hydrogens is 244 g/mol. The standard InChI is InChI=1S/C14H26N2O3/c15-8-7-11-5-6-12(13(9-17)19-11)16-14(18)10-3-1-2-4-10/h10-13,17H,1-9,15H2,(H,16,18)/t11-,12+,13-/m1/s1. The van der Waals surface area contributed by atoms with Gasteiger partial charge in [0.1, 0.15) is 6.10 Å². The average Bonchev–Trinajstić information content (AvgIpc) is 2.94. The highest BCUT2D eigenvalue weighted by atomic mass is 16.5. The summed E-state index contributed by atoms with van der Waals surface area (Å²) in [5.41, 5.74) is 5.53. The highest BCUT2D eigenvalue weighted by Crippen LogP contribution is 2.26. The summed E-state index contributed by atoms with van der Waals surface area (Å²) in [5, 5.41) is 12.5. The molecular formula is C14H26N2O3. The van der Waals surface area contributed by atoms with Crippen molar-refractivity contribution < 1.29 is 14.6 Å². The molecule has 3 atom stereocenters. The topological polar surface area (TPSA) is 84.6 Å². The van der Waals surface area contributed by atoms with Gasteiger partial charge >= 0.3 is 0 Å². The van der Waals surface area contributed by atoms with Gasteiger partial charge in [0.25, 0.3) is 0 Å². The molecule has 0 aromatic carbocycles. The molecule has 1 amide bonds. The zero-order valence-corrected chi connectivity index (χ0v) is 11.5. The van der Waals surface area contributed by atoms with Crippen molar-refractivity contribution in [1.29, 1.82) is 0 Å². The zero-order valence-electron chi connectivity index (χ0n) is 11.5. The van der Waals surface area contributed by atoms with Crippen molar-refractivity contribution in [2.45, 2.75) is 63.2 Å². The lowest BCUT2D eigenvalue weighted by Gasteiger charge is -2.36. The lowest BCUT2D eigenvalue weighted by Crippen LogP contribution is -2.52. The summed E-state index contributed by atoms with van der Waals surface area (Å²) in [4.78, 5) is 12.1. The largest absolute Gasteiger partial charge is 0.394 e. The van der Waals surface area contributed by atoms with E-state index in [1.165, 1.54) is 0 Å². The summed E-state index contributed by atoms with van der Waals surface area (Å²) >= 11 is 0. The Morgan fingerprint density at radius 3 is 2.63 bits per heavy atom. The number of hydrogen-bond donors (Lipinski definition) is 3. The fraction of sp³-hybridized carbons (Fsp3) is 0.929. The van der Waals surface area contributed by atoms with E-state index >= 15 is 0 Å². The molecule has 2 aliphatic rings. The van der Waals surface area contributed by atoms with E-state index in [1.807, 2.05) is 0 Å². The molecule has 5 nitrogen and oxygen atoms in total. The first-order chi connectivity index (χ1) is 9.24. The minimum atomic E-state index is -0.282. The molecule has 4 N–H and O–H groups in total. The normalized spacial score (nSPS) is 32.4. The molecule has 19 heavy (non-hydrogen) atoms. The van der Waals surface area contributed by atoms with Crippen LogP contribution in [0.4, 0.5) is 0 Å². The minimum Gasteiger partial charge on any atom is -0.394 e. The van der Waals surface area contributed by atoms with Gasteiger partial charge in [-0.3, -0.25) is 4.79 Å². The number of nitrogens with one attached hydrogen (secondary N) is 1. The first kappa shape index (κ1) is 14.8. The summed E-state index contributed by atoms with van der Waals surface area (Å²) in [5.74, 6) is 0.308. The lowest BCUT2D eigenvalue weighted by molar-refractivity contribution is -0.131. The van der Waals surface area contributed by atoms with Crippen LogP contribution in [-0.2, 0) is 9.53 Å². The van der Waals surface area contributed by atoms with Gasteiger partial charge in [-0.25, -0.2) is 0 Å². The van der Waals surface area contributed by atoms with E-state index < -0.39 is 0 Å². The predicted molar refractivity (Wildman–Crippen MR) is 72.5 cm³/mol. The van der Waals surface area contributed by atoms with E-state index in [2.05, 4.69) is 5.32 Å². The Morgan fingerprint density at radius 1 is 1.26 bits per heavy atom. The van der Waals surface area contributed by atoms with Crippen LogP contribution in [0.2, 0.25) is 0 Å². The monoisotopic (exact) mass is 270 g/mol. The molecule has 1 aliphatic heterocycles. The van der Waals surface area contributed by atoms with Crippen LogP contribution >= 0.6 is 0 Å². The van der Waals surface area contributed by atoms with Crippen molar-refractivity contribution in [3.8, 4) is 0 Å². The number of aliphatic hydroxyl groups excluding tert-OH is 1. The molecule has 0 aromatic rings. The first-order valence-electron chi connectivity index (χ1n) is 7.51. The predicted octanol–water partition coefficient (Wildman–Crippen LogP) is 0.550. The van der Waals surface area contributed by atoms with Crippen LogP contribution in [0.5, 0.6) is 0 Å². The summed E-state index contributed by atoms with van der Waals surface area (Å²) in [6.45, 7) is 0.554. The van der Waals surface area contributed by atoms with Gasteiger partial charge in [-0.1, -0.05) is 12.8 Å². The highest BCUT2D eigenvalue weighted by Gasteiger charge is 2.33. The second-order valence-corrected chi connectivity index (χ2v) is 5.73. The van der Waals surface area contributed by atoms with E-state index in [4.69, 9.17) is 10.5 Å². The van der Waals surface area contributed by atoms with Crippen LogP contribution in [0.25, 0.3) is 0 Å². The third-order valence-electron chi connectivity index (χ3n) is 4.34. The van der Waals surface area contributed by atoms with Gasteiger partial charge in [0.2, 0.25) is 5.91 Å². The number of ether oxygens (including phenoxy) is 1. The van der Waals surface area contributed by atoms with Gasteiger partial charge in [0.15, 0.2) is 0 Å².